The van der Waals surface area contributed by atoms with Crippen LogP contribution in [0.1, 0.15) is 68.4 Å². The number of nitrogens with one attached hydrogen (secondary N) is 1. The van der Waals surface area contributed by atoms with E-state index in [1.807, 2.05) is 0 Å². The average molecular weight is 627 g/mol. The Morgan fingerprint density at radius 2 is 1.80 bits per heavy atom. The number of nitrogens with zero attached hydrogens (tertiary/aromatic N) is 2. The minimum atomic E-state index is -1.08. The maximum Gasteiger partial charge on any atom is 0.307 e. The van der Waals surface area contributed by atoms with Crippen LogP contribution in [0.4, 0.5) is 4.39 Å². The van der Waals surface area contributed by atoms with Crippen LogP contribution in [0, 0.1) is 11.7 Å². The highest BCUT2D eigenvalue weighted by Crippen LogP contribution is 2.24. The second kappa shape index (κ2) is 16.5. The predicted molar refractivity (Wildman–Crippen MR) is 161 cm³/mol. The summed E-state index contributed by atoms with van der Waals surface area (Å²) in [6.45, 7) is 2.62. The number of primary amides is 1. The first-order valence-electron chi connectivity index (χ1n) is 14.6. The summed E-state index contributed by atoms with van der Waals surface area (Å²) in [4.78, 5) is 57.6. The highest BCUT2D eigenvalue weighted by molar-refractivity contribution is 5.94. The number of hydrogen-bond acceptors (Lipinski definition) is 9. The molecule has 12 nitrogen and oxygen atoms in total. The summed E-state index contributed by atoms with van der Waals surface area (Å²) in [5.74, 6) is -4.31. The molecule has 0 aliphatic heterocycles. The Morgan fingerprint density at radius 3 is 2.47 bits per heavy atom. The van der Waals surface area contributed by atoms with Crippen molar-refractivity contribution in [3.8, 4) is 0 Å². The highest BCUT2D eigenvalue weighted by Gasteiger charge is 2.32. The Kier molecular flexibility index (Phi) is 12.9. The van der Waals surface area contributed by atoms with Crippen molar-refractivity contribution in [3.05, 3.63) is 71.8 Å². The van der Waals surface area contributed by atoms with Crippen molar-refractivity contribution in [2.45, 2.75) is 76.5 Å². The Balaban J connectivity index is 1.89. The Hall–Kier alpha value is -4.49. The van der Waals surface area contributed by atoms with E-state index in [2.05, 4.69) is 15.3 Å². The van der Waals surface area contributed by atoms with Crippen LogP contribution in [0.3, 0.4) is 0 Å². The number of carboxylic acids is 1. The van der Waals surface area contributed by atoms with Gasteiger partial charge in [-0.25, -0.2) is 9.37 Å². The van der Waals surface area contributed by atoms with Crippen molar-refractivity contribution in [2.24, 2.45) is 11.7 Å². The molecule has 1 aromatic heterocycles. The first-order chi connectivity index (χ1) is 21.3. The number of fused-ring (bicyclic) bond motifs is 1. The normalized spacial score (nSPS) is 13.5. The van der Waals surface area contributed by atoms with Crippen LogP contribution in [-0.4, -0.2) is 68.5 Å². The van der Waals surface area contributed by atoms with Crippen LogP contribution in [0.15, 0.2) is 54.7 Å². The average Bonchev–Trinajstić information content (AvgIpc) is 2.97. The Labute approximate surface area is 260 Å². The third-order valence-electron chi connectivity index (χ3n) is 7.09. The fourth-order valence-corrected chi connectivity index (χ4v) is 4.68. The molecule has 0 saturated heterocycles. The van der Waals surface area contributed by atoms with Gasteiger partial charge in [-0.1, -0.05) is 24.3 Å². The third kappa shape index (κ3) is 12.2. The van der Waals surface area contributed by atoms with Gasteiger partial charge < -0.3 is 30.7 Å². The van der Waals surface area contributed by atoms with Gasteiger partial charge in [0.25, 0.3) is 5.91 Å². The molecular formula is C32H39FN4O8. The van der Waals surface area contributed by atoms with Gasteiger partial charge in [0.2, 0.25) is 5.91 Å². The van der Waals surface area contributed by atoms with E-state index < -0.39 is 60.0 Å². The summed E-state index contributed by atoms with van der Waals surface area (Å²) in [5.41, 5.74) is 6.25. The van der Waals surface area contributed by atoms with Crippen LogP contribution in [0.2, 0.25) is 0 Å². The van der Waals surface area contributed by atoms with Gasteiger partial charge in [-0.2, -0.15) is 0 Å². The van der Waals surface area contributed by atoms with Crippen LogP contribution < -0.4 is 11.1 Å². The maximum atomic E-state index is 14.1. The number of benzene rings is 2. The van der Waals surface area contributed by atoms with Crippen molar-refractivity contribution in [3.63, 3.8) is 0 Å². The second-order valence-electron chi connectivity index (χ2n) is 11.4. The van der Waals surface area contributed by atoms with Crippen LogP contribution in [0.5, 0.6) is 0 Å². The largest absolute Gasteiger partial charge is 0.481 e. The van der Waals surface area contributed by atoms with Crippen molar-refractivity contribution >= 4 is 34.8 Å². The lowest BCUT2D eigenvalue weighted by atomic mass is 9.87. The first-order valence-corrected chi connectivity index (χ1v) is 14.6. The number of ether oxygens (including phenoxy) is 2. The molecule has 242 valence electrons. The number of nitrogens with two attached hydrogens (primary N) is 1. The molecule has 0 spiro atoms. The molecule has 0 bridgehead atoms. The predicted octanol–water partition coefficient (Wildman–Crippen LogP) is 3.29. The number of aromatic nitrogens is 2. The van der Waals surface area contributed by atoms with E-state index >= 15 is 0 Å². The minimum absolute atomic E-state index is 0.00929. The van der Waals surface area contributed by atoms with Gasteiger partial charge in [0, 0.05) is 18.8 Å². The van der Waals surface area contributed by atoms with E-state index in [0.717, 1.165) is 0 Å². The number of carboxylic acid groups (broad SMARTS) is 1. The second-order valence-corrected chi connectivity index (χ2v) is 11.4. The summed E-state index contributed by atoms with van der Waals surface area (Å²) in [6.07, 6.45) is 0.495. The lowest BCUT2D eigenvalue weighted by Gasteiger charge is -2.31. The number of aliphatic carboxylic acids is 1. The maximum absolute atomic E-state index is 14.1. The molecule has 2 amide bonds. The quantitative estimate of drug-likeness (QED) is 0.120. The molecule has 2 aromatic carbocycles. The molecule has 3 unspecified atom stereocenters. The summed E-state index contributed by atoms with van der Waals surface area (Å²) in [5, 5.41) is 21.9. The van der Waals surface area contributed by atoms with Crippen molar-refractivity contribution in [1.29, 1.82) is 0 Å². The number of halogens is 1. The molecule has 0 aliphatic carbocycles. The van der Waals surface area contributed by atoms with Gasteiger partial charge in [-0.05, 0) is 75.8 Å². The van der Waals surface area contributed by atoms with Gasteiger partial charge in [0.05, 0.1) is 35.0 Å². The number of aliphatic hydroxyl groups is 1. The van der Waals surface area contributed by atoms with Gasteiger partial charge in [-0.15, -0.1) is 0 Å². The van der Waals surface area contributed by atoms with E-state index in [1.54, 1.807) is 44.2 Å². The minimum Gasteiger partial charge on any atom is -0.481 e. The van der Waals surface area contributed by atoms with Crippen molar-refractivity contribution in [2.75, 3.05) is 6.79 Å². The number of para-hydroxylation sites is 2. The zero-order valence-electron chi connectivity index (χ0n) is 25.3. The summed E-state index contributed by atoms with van der Waals surface area (Å²) >= 11 is 0. The van der Waals surface area contributed by atoms with Crippen molar-refractivity contribution < 1.29 is 43.3 Å². The lowest BCUT2D eigenvalue weighted by Crippen LogP contribution is -2.48. The van der Waals surface area contributed by atoms with Crippen molar-refractivity contribution in [1.82, 2.24) is 15.3 Å². The first kappa shape index (κ1) is 35.0. The molecule has 13 heteroatoms. The van der Waals surface area contributed by atoms with E-state index in [-0.39, 0.29) is 50.6 Å². The van der Waals surface area contributed by atoms with Gasteiger partial charge in [0.1, 0.15) is 11.5 Å². The number of esters is 1. The number of rotatable bonds is 18. The molecule has 3 atom stereocenters. The molecular weight excluding hydrogens is 587 g/mol. The molecule has 1 heterocycles. The summed E-state index contributed by atoms with van der Waals surface area (Å²) < 4.78 is 25.3. The van der Waals surface area contributed by atoms with Crippen LogP contribution in [-0.2, 0) is 30.3 Å². The van der Waals surface area contributed by atoms with Gasteiger partial charge in [-0.3, -0.25) is 24.2 Å². The number of carbonyl (C=O) groups excluding carboxylic acids is 3. The zero-order valence-corrected chi connectivity index (χ0v) is 25.3. The van der Waals surface area contributed by atoms with E-state index in [9.17, 15) is 28.7 Å². The Bertz CT molecular complexity index is 1480. The molecule has 0 fully saturated rings. The van der Waals surface area contributed by atoms with Gasteiger partial charge >= 0.3 is 11.9 Å². The summed E-state index contributed by atoms with van der Waals surface area (Å²) in [7, 11) is 0. The van der Waals surface area contributed by atoms with E-state index in [1.165, 1.54) is 24.4 Å². The molecule has 0 aliphatic rings. The monoisotopic (exact) mass is 626 g/mol. The highest BCUT2D eigenvalue weighted by atomic mass is 19.1. The molecule has 45 heavy (non-hydrogen) atoms. The molecule has 0 radical (unpaired) electrons. The topological polar surface area (TPSA) is 191 Å². The van der Waals surface area contributed by atoms with Gasteiger partial charge in [0.15, 0.2) is 6.79 Å². The fourth-order valence-electron chi connectivity index (χ4n) is 4.68. The number of hydrogen-bond donors (Lipinski definition) is 4. The number of carbonyl (C=O) groups is 4. The standard InChI is InChI=1S/C32H39FN4O8/c1-32(2,43)14-13-21(30(34)41)17-27(44-19-45-29(40)12-6-11-28(38)39)25(16-20-7-5-8-22(33)15-20)37-31(42)26-18-35-23-9-3-4-10-24(23)36-26/h3-5,7-10,15,18,21,25,27,43H,6,11-14,16-17,19H2,1-2H3,(H2,34,41)(H,37,42)(H,38,39). The van der Waals surface area contributed by atoms with E-state index in [0.29, 0.717) is 16.6 Å². The fraction of sp³-hybridized carbons (Fsp3) is 0.438. The number of amides is 2. The summed E-state index contributed by atoms with van der Waals surface area (Å²) in [6, 6.07) is 11.9. The molecule has 5 N–H and O–H groups in total. The zero-order chi connectivity index (χ0) is 33.0. The molecule has 0 saturated carbocycles. The van der Waals surface area contributed by atoms with E-state index in [4.69, 9.17) is 20.3 Å². The Morgan fingerprint density at radius 1 is 1.07 bits per heavy atom. The van der Waals surface area contributed by atoms with Crippen LogP contribution in [0.25, 0.3) is 11.0 Å². The smallest absolute Gasteiger partial charge is 0.307 e. The third-order valence-corrected chi connectivity index (χ3v) is 7.09. The SMILES string of the molecule is CC(C)(O)CCC(CC(OCOC(=O)CCCC(=O)O)C(Cc1cccc(F)c1)NC(=O)c1cnc2ccccc2n1)C(N)=O. The van der Waals surface area contributed by atoms with Crippen LogP contribution >= 0.6 is 0 Å². The molecule has 3 aromatic rings. The lowest BCUT2D eigenvalue weighted by molar-refractivity contribution is -0.164. The molecule has 3 rings (SSSR count).